The number of rotatable bonds is 5. The molecule has 1 saturated carbocycles. The second-order valence-electron chi connectivity index (χ2n) is 5.82. The molecule has 0 aromatic heterocycles. The van der Waals surface area contributed by atoms with E-state index < -0.39 is 0 Å². The molecular formula is C14H29N3. The number of nitrogens with one attached hydrogen (secondary N) is 1. The van der Waals surface area contributed by atoms with E-state index in [1.54, 1.807) is 0 Å². The Balaban J connectivity index is 1.78. The van der Waals surface area contributed by atoms with Gasteiger partial charge in [-0.15, -0.1) is 0 Å². The quantitative estimate of drug-likeness (QED) is 0.785. The maximum absolute atomic E-state index is 3.43. The lowest BCUT2D eigenvalue weighted by Gasteiger charge is -2.31. The smallest absolute Gasteiger partial charge is 0.0223 e. The summed E-state index contributed by atoms with van der Waals surface area (Å²) in [6.07, 6.45) is 6.87. The molecule has 3 heteroatoms. The zero-order valence-corrected chi connectivity index (χ0v) is 11.8. The third kappa shape index (κ3) is 3.21. The molecule has 3 atom stereocenters. The molecule has 0 spiro atoms. The third-order valence-electron chi connectivity index (χ3n) is 4.84. The number of likely N-dealkylation sites (tertiary alicyclic amines) is 1. The summed E-state index contributed by atoms with van der Waals surface area (Å²) >= 11 is 0. The molecule has 17 heavy (non-hydrogen) atoms. The Morgan fingerprint density at radius 2 is 2.12 bits per heavy atom. The van der Waals surface area contributed by atoms with Crippen LogP contribution in [0, 0.1) is 0 Å². The van der Waals surface area contributed by atoms with Crippen molar-refractivity contribution in [2.24, 2.45) is 0 Å². The predicted molar refractivity (Wildman–Crippen MR) is 73.4 cm³/mol. The molecule has 2 aliphatic rings. The van der Waals surface area contributed by atoms with Gasteiger partial charge in [0.25, 0.3) is 0 Å². The fraction of sp³-hybridized carbons (Fsp3) is 1.00. The minimum Gasteiger partial charge on any atom is -0.317 e. The van der Waals surface area contributed by atoms with Gasteiger partial charge in [0, 0.05) is 24.7 Å². The number of nitrogens with zero attached hydrogens (tertiary/aromatic N) is 2. The maximum Gasteiger partial charge on any atom is 0.0223 e. The molecule has 0 aromatic carbocycles. The molecule has 1 aliphatic heterocycles. The normalized spacial score (nSPS) is 34.9. The van der Waals surface area contributed by atoms with Crippen LogP contribution in [0.5, 0.6) is 0 Å². The molecule has 0 aromatic rings. The van der Waals surface area contributed by atoms with Gasteiger partial charge in [0.2, 0.25) is 0 Å². The molecule has 2 rings (SSSR count). The molecule has 3 unspecified atom stereocenters. The molecule has 0 amide bonds. The van der Waals surface area contributed by atoms with Crippen LogP contribution in [0.4, 0.5) is 0 Å². The zero-order chi connectivity index (χ0) is 12.3. The van der Waals surface area contributed by atoms with Crippen molar-refractivity contribution >= 4 is 0 Å². The van der Waals surface area contributed by atoms with Crippen LogP contribution in [0.25, 0.3) is 0 Å². The van der Waals surface area contributed by atoms with Gasteiger partial charge in [0.1, 0.15) is 0 Å². The van der Waals surface area contributed by atoms with Gasteiger partial charge in [-0.05, 0) is 59.3 Å². The van der Waals surface area contributed by atoms with Crippen molar-refractivity contribution in [1.29, 1.82) is 0 Å². The summed E-state index contributed by atoms with van der Waals surface area (Å²) in [5.74, 6) is 0. The lowest BCUT2D eigenvalue weighted by atomic mass is 10.1. The first-order chi connectivity index (χ1) is 8.24. The highest BCUT2D eigenvalue weighted by atomic mass is 15.2. The highest BCUT2D eigenvalue weighted by Crippen LogP contribution is 2.25. The minimum absolute atomic E-state index is 0.758. The van der Waals surface area contributed by atoms with E-state index in [9.17, 15) is 0 Å². The van der Waals surface area contributed by atoms with E-state index in [1.165, 1.54) is 51.7 Å². The molecule has 100 valence electrons. The van der Waals surface area contributed by atoms with Crippen molar-refractivity contribution in [3.8, 4) is 0 Å². The molecular weight excluding hydrogens is 210 g/mol. The lowest BCUT2D eigenvalue weighted by molar-refractivity contribution is 0.163. The van der Waals surface area contributed by atoms with Crippen LogP contribution in [0.3, 0.4) is 0 Å². The van der Waals surface area contributed by atoms with Gasteiger partial charge in [0.15, 0.2) is 0 Å². The van der Waals surface area contributed by atoms with Crippen molar-refractivity contribution in [3.63, 3.8) is 0 Å². The monoisotopic (exact) mass is 239 g/mol. The van der Waals surface area contributed by atoms with Gasteiger partial charge in [0.05, 0.1) is 0 Å². The second kappa shape index (κ2) is 6.17. The summed E-state index contributed by atoms with van der Waals surface area (Å²) in [6, 6.07) is 2.39. The predicted octanol–water partition coefficient (Wildman–Crippen LogP) is 1.54. The van der Waals surface area contributed by atoms with E-state index in [-0.39, 0.29) is 0 Å². The SMILES string of the molecule is CCN1CCCC1CN(C)C1CCC(NC)C1. The number of hydrogen-bond donors (Lipinski definition) is 1. The van der Waals surface area contributed by atoms with E-state index in [1.807, 2.05) is 0 Å². The maximum atomic E-state index is 3.43. The lowest BCUT2D eigenvalue weighted by Crippen LogP contribution is -2.42. The van der Waals surface area contributed by atoms with E-state index in [0.29, 0.717) is 0 Å². The van der Waals surface area contributed by atoms with E-state index in [2.05, 4.69) is 36.1 Å². The standard InChI is InChI=1S/C14H29N3/c1-4-17-9-5-6-14(17)11-16(3)13-8-7-12(10-13)15-2/h12-15H,4-11H2,1-3H3. The van der Waals surface area contributed by atoms with Gasteiger partial charge in [-0.1, -0.05) is 6.92 Å². The van der Waals surface area contributed by atoms with Crippen molar-refractivity contribution in [3.05, 3.63) is 0 Å². The van der Waals surface area contributed by atoms with Crippen molar-refractivity contribution < 1.29 is 0 Å². The molecule has 2 fully saturated rings. The number of likely N-dealkylation sites (N-methyl/N-ethyl adjacent to an activating group) is 2. The summed E-state index contributed by atoms with van der Waals surface area (Å²) < 4.78 is 0. The van der Waals surface area contributed by atoms with E-state index in [0.717, 1.165) is 18.1 Å². The van der Waals surface area contributed by atoms with E-state index in [4.69, 9.17) is 0 Å². The Hall–Kier alpha value is -0.120. The van der Waals surface area contributed by atoms with Crippen LogP contribution in [0.15, 0.2) is 0 Å². The summed E-state index contributed by atoms with van der Waals surface area (Å²) in [5, 5.41) is 3.43. The van der Waals surface area contributed by atoms with Crippen LogP contribution in [-0.2, 0) is 0 Å². The van der Waals surface area contributed by atoms with Crippen molar-refractivity contribution in [2.75, 3.05) is 33.7 Å². The van der Waals surface area contributed by atoms with Crippen molar-refractivity contribution in [1.82, 2.24) is 15.1 Å². The molecule has 1 N–H and O–H groups in total. The first kappa shape index (κ1) is 13.3. The third-order valence-corrected chi connectivity index (χ3v) is 4.84. The summed E-state index contributed by atoms with van der Waals surface area (Å²) in [7, 11) is 4.43. The molecule has 0 bridgehead atoms. The fourth-order valence-corrected chi connectivity index (χ4v) is 3.62. The molecule has 1 saturated heterocycles. The van der Waals surface area contributed by atoms with Crippen LogP contribution >= 0.6 is 0 Å². The Bertz CT molecular complexity index is 232. The van der Waals surface area contributed by atoms with Gasteiger partial charge >= 0.3 is 0 Å². The minimum atomic E-state index is 0.758. The average Bonchev–Trinajstić information content (AvgIpc) is 2.96. The van der Waals surface area contributed by atoms with Gasteiger partial charge in [-0.2, -0.15) is 0 Å². The van der Waals surface area contributed by atoms with Crippen LogP contribution < -0.4 is 5.32 Å². The van der Waals surface area contributed by atoms with Crippen LogP contribution in [0.1, 0.15) is 39.0 Å². The topological polar surface area (TPSA) is 18.5 Å². The summed E-state index contributed by atoms with van der Waals surface area (Å²) in [5.41, 5.74) is 0. The second-order valence-corrected chi connectivity index (χ2v) is 5.82. The Labute approximate surface area is 107 Å². The van der Waals surface area contributed by atoms with Crippen LogP contribution in [0.2, 0.25) is 0 Å². The highest BCUT2D eigenvalue weighted by Gasteiger charge is 2.30. The Kier molecular flexibility index (Phi) is 4.83. The van der Waals surface area contributed by atoms with Gasteiger partial charge in [-0.25, -0.2) is 0 Å². The molecule has 1 heterocycles. The molecule has 0 radical (unpaired) electrons. The summed E-state index contributed by atoms with van der Waals surface area (Å²) in [6.45, 7) is 6.11. The zero-order valence-electron chi connectivity index (χ0n) is 11.8. The first-order valence-corrected chi connectivity index (χ1v) is 7.36. The van der Waals surface area contributed by atoms with Gasteiger partial charge in [-0.3, -0.25) is 4.90 Å². The van der Waals surface area contributed by atoms with Crippen molar-refractivity contribution in [2.45, 2.75) is 57.2 Å². The average molecular weight is 239 g/mol. The fourth-order valence-electron chi connectivity index (χ4n) is 3.62. The molecule has 1 aliphatic carbocycles. The Morgan fingerprint density at radius 1 is 1.29 bits per heavy atom. The Morgan fingerprint density at radius 3 is 2.76 bits per heavy atom. The highest BCUT2D eigenvalue weighted by molar-refractivity contribution is 4.88. The first-order valence-electron chi connectivity index (χ1n) is 7.36. The number of hydrogen-bond acceptors (Lipinski definition) is 3. The van der Waals surface area contributed by atoms with Crippen LogP contribution in [-0.4, -0.2) is 61.7 Å². The largest absolute Gasteiger partial charge is 0.317 e. The summed E-state index contributed by atoms with van der Waals surface area (Å²) in [4.78, 5) is 5.27. The van der Waals surface area contributed by atoms with E-state index >= 15 is 0 Å². The van der Waals surface area contributed by atoms with Gasteiger partial charge < -0.3 is 10.2 Å². The molecule has 3 nitrogen and oxygen atoms in total.